The van der Waals surface area contributed by atoms with Crippen LogP contribution in [-0.4, -0.2) is 39.9 Å². The second-order valence-electron chi connectivity index (χ2n) is 4.78. The summed E-state index contributed by atoms with van der Waals surface area (Å²) in [6.45, 7) is 1.12. The molecule has 6 nitrogen and oxygen atoms in total. The molecule has 0 aliphatic carbocycles. The number of aromatic hydroxyl groups is 1. The van der Waals surface area contributed by atoms with E-state index in [1.807, 2.05) is 0 Å². The topological polar surface area (TPSA) is 96.5 Å². The molecule has 1 aromatic heterocycles. The molecule has 19 heavy (non-hydrogen) atoms. The lowest BCUT2D eigenvalue weighted by Gasteiger charge is -2.31. The lowest BCUT2D eigenvalue weighted by molar-refractivity contribution is -0.119. The molecule has 0 unspecified atom stereocenters. The molecule has 1 aromatic rings. The van der Waals surface area contributed by atoms with Gasteiger partial charge in [0.25, 0.3) is 5.91 Å². The molecule has 2 rings (SSSR count). The Hall–Kier alpha value is -2.11. The zero-order valence-corrected chi connectivity index (χ0v) is 10.6. The molecule has 3 N–H and O–H groups in total. The number of piperidine rings is 1. The number of carbonyl (C=O) groups excluding carboxylic acids is 2. The number of nitrogens with zero attached hydrogens (tertiary/aromatic N) is 2. The van der Waals surface area contributed by atoms with Gasteiger partial charge >= 0.3 is 0 Å². The molecule has 1 aliphatic rings. The van der Waals surface area contributed by atoms with Crippen molar-refractivity contribution in [2.75, 3.05) is 13.1 Å². The van der Waals surface area contributed by atoms with Crippen LogP contribution in [0.4, 0.5) is 0 Å². The van der Waals surface area contributed by atoms with Crippen molar-refractivity contribution < 1.29 is 14.7 Å². The molecule has 2 amide bonds. The fourth-order valence-electron chi connectivity index (χ4n) is 2.34. The van der Waals surface area contributed by atoms with E-state index in [9.17, 15) is 14.7 Å². The van der Waals surface area contributed by atoms with Crippen molar-refractivity contribution in [3.05, 3.63) is 24.0 Å². The van der Waals surface area contributed by atoms with Crippen molar-refractivity contribution in [2.24, 2.45) is 11.7 Å². The Morgan fingerprint density at radius 1 is 1.42 bits per heavy atom. The summed E-state index contributed by atoms with van der Waals surface area (Å²) in [4.78, 5) is 28.6. The Labute approximate surface area is 111 Å². The monoisotopic (exact) mass is 263 g/mol. The van der Waals surface area contributed by atoms with Crippen molar-refractivity contribution in [1.29, 1.82) is 0 Å². The highest BCUT2D eigenvalue weighted by atomic mass is 16.3. The number of rotatable bonds is 3. The largest absolute Gasteiger partial charge is 0.505 e. The predicted molar refractivity (Wildman–Crippen MR) is 68.3 cm³/mol. The maximum Gasteiger partial charge on any atom is 0.276 e. The van der Waals surface area contributed by atoms with Gasteiger partial charge in [0.2, 0.25) is 5.91 Å². The van der Waals surface area contributed by atoms with Crippen LogP contribution < -0.4 is 5.73 Å². The van der Waals surface area contributed by atoms with Gasteiger partial charge in [0.1, 0.15) is 5.75 Å². The van der Waals surface area contributed by atoms with E-state index in [1.165, 1.54) is 12.3 Å². The highest BCUT2D eigenvalue weighted by molar-refractivity contribution is 5.94. The highest BCUT2D eigenvalue weighted by Crippen LogP contribution is 2.23. The number of hydrogen-bond donors (Lipinski definition) is 2. The summed E-state index contributed by atoms with van der Waals surface area (Å²) in [5, 5.41) is 9.61. The summed E-state index contributed by atoms with van der Waals surface area (Å²) in [5.41, 5.74) is 5.25. The number of likely N-dealkylation sites (tertiary alicyclic amines) is 1. The number of primary amides is 1. The fraction of sp³-hybridized carbons (Fsp3) is 0.462. The lowest BCUT2D eigenvalue weighted by Crippen LogP contribution is -2.39. The van der Waals surface area contributed by atoms with Gasteiger partial charge in [0, 0.05) is 25.7 Å². The molecule has 0 atom stereocenters. The number of pyridine rings is 1. The van der Waals surface area contributed by atoms with E-state index in [0.717, 1.165) is 12.8 Å². The highest BCUT2D eigenvalue weighted by Gasteiger charge is 2.26. The van der Waals surface area contributed by atoms with E-state index in [-0.39, 0.29) is 29.2 Å². The van der Waals surface area contributed by atoms with Gasteiger partial charge in [-0.05, 0) is 30.9 Å². The molecule has 0 saturated carbocycles. The molecule has 1 saturated heterocycles. The number of amides is 2. The number of nitrogens with two attached hydrogens (primary N) is 1. The summed E-state index contributed by atoms with van der Waals surface area (Å²) in [6.07, 6.45) is 3.36. The first kappa shape index (κ1) is 13.3. The van der Waals surface area contributed by atoms with Gasteiger partial charge in [0.05, 0.1) is 0 Å². The Morgan fingerprint density at radius 3 is 2.68 bits per heavy atom. The van der Waals surface area contributed by atoms with Gasteiger partial charge in [-0.3, -0.25) is 9.59 Å². The molecule has 0 radical (unpaired) electrons. The minimum absolute atomic E-state index is 0.0795. The third-order valence-corrected chi connectivity index (χ3v) is 3.38. The van der Waals surface area contributed by atoms with Crippen LogP contribution in [0.2, 0.25) is 0 Å². The van der Waals surface area contributed by atoms with E-state index in [1.54, 1.807) is 11.0 Å². The van der Waals surface area contributed by atoms with Crippen LogP contribution in [0.3, 0.4) is 0 Å². The summed E-state index contributed by atoms with van der Waals surface area (Å²) in [7, 11) is 0. The Kier molecular flexibility index (Phi) is 3.99. The normalized spacial score (nSPS) is 16.3. The summed E-state index contributed by atoms with van der Waals surface area (Å²) in [5.74, 6) is -0.423. The van der Waals surface area contributed by atoms with Gasteiger partial charge in [0.15, 0.2) is 5.69 Å². The number of carbonyl (C=O) groups is 2. The molecular weight excluding hydrogens is 246 g/mol. The first-order valence-electron chi connectivity index (χ1n) is 6.29. The van der Waals surface area contributed by atoms with Crippen molar-refractivity contribution in [3.8, 4) is 5.75 Å². The van der Waals surface area contributed by atoms with Crippen LogP contribution >= 0.6 is 0 Å². The van der Waals surface area contributed by atoms with Crippen molar-refractivity contribution in [2.45, 2.75) is 19.3 Å². The van der Waals surface area contributed by atoms with Gasteiger partial charge in [-0.25, -0.2) is 4.98 Å². The minimum atomic E-state index is -0.299. The molecule has 0 aromatic carbocycles. The number of aromatic nitrogens is 1. The molecule has 0 bridgehead atoms. The molecule has 1 aliphatic heterocycles. The van der Waals surface area contributed by atoms with Crippen molar-refractivity contribution in [3.63, 3.8) is 0 Å². The Balaban J connectivity index is 1.96. The van der Waals surface area contributed by atoms with E-state index in [0.29, 0.717) is 19.5 Å². The van der Waals surface area contributed by atoms with Crippen LogP contribution in [-0.2, 0) is 4.79 Å². The van der Waals surface area contributed by atoms with Crippen LogP contribution in [0.25, 0.3) is 0 Å². The van der Waals surface area contributed by atoms with Crippen LogP contribution in [0, 0.1) is 5.92 Å². The summed E-state index contributed by atoms with van der Waals surface area (Å²) in [6, 6.07) is 3.02. The third kappa shape index (κ3) is 3.21. The van der Waals surface area contributed by atoms with Crippen LogP contribution in [0.1, 0.15) is 29.8 Å². The second-order valence-corrected chi connectivity index (χ2v) is 4.78. The molecule has 6 heteroatoms. The molecule has 1 fully saturated rings. The van der Waals surface area contributed by atoms with E-state index < -0.39 is 0 Å². The van der Waals surface area contributed by atoms with Gasteiger partial charge in [-0.2, -0.15) is 0 Å². The maximum atomic E-state index is 12.2. The van der Waals surface area contributed by atoms with Gasteiger partial charge in [-0.1, -0.05) is 0 Å². The van der Waals surface area contributed by atoms with Gasteiger partial charge < -0.3 is 15.7 Å². The smallest absolute Gasteiger partial charge is 0.276 e. The first-order valence-corrected chi connectivity index (χ1v) is 6.29. The zero-order chi connectivity index (χ0) is 13.8. The zero-order valence-electron chi connectivity index (χ0n) is 10.6. The average molecular weight is 263 g/mol. The SMILES string of the molecule is NC(=O)CC1CCN(C(=O)c2ncccc2O)CC1. The molecule has 2 heterocycles. The molecule has 0 spiro atoms. The van der Waals surface area contributed by atoms with Crippen molar-refractivity contribution >= 4 is 11.8 Å². The van der Waals surface area contributed by atoms with E-state index in [2.05, 4.69) is 4.98 Å². The molecular formula is C13H17N3O3. The van der Waals surface area contributed by atoms with Crippen LogP contribution in [0.15, 0.2) is 18.3 Å². The maximum absolute atomic E-state index is 12.2. The lowest BCUT2D eigenvalue weighted by atomic mass is 9.93. The Morgan fingerprint density at radius 2 is 2.11 bits per heavy atom. The third-order valence-electron chi connectivity index (χ3n) is 3.38. The van der Waals surface area contributed by atoms with E-state index >= 15 is 0 Å². The standard InChI is InChI=1S/C13H17N3O3/c14-11(18)8-9-3-6-16(7-4-9)13(19)12-10(17)2-1-5-15-12/h1-2,5,9,17H,3-4,6-8H2,(H2,14,18). The quantitative estimate of drug-likeness (QED) is 0.830. The summed E-state index contributed by atoms with van der Waals surface area (Å²) >= 11 is 0. The van der Waals surface area contributed by atoms with Crippen LogP contribution in [0.5, 0.6) is 5.75 Å². The van der Waals surface area contributed by atoms with Crippen molar-refractivity contribution in [1.82, 2.24) is 9.88 Å². The minimum Gasteiger partial charge on any atom is -0.505 e. The summed E-state index contributed by atoms with van der Waals surface area (Å²) < 4.78 is 0. The predicted octanol–water partition coefficient (Wildman–Crippen LogP) is 0.515. The average Bonchev–Trinajstić information content (AvgIpc) is 2.39. The molecule has 102 valence electrons. The van der Waals surface area contributed by atoms with Gasteiger partial charge in [-0.15, -0.1) is 0 Å². The second kappa shape index (κ2) is 5.69. The fourth-order valence-corrected chi connectivity index (χ4v) is 2.34. The number of hydrogen-bond acceptors (Lipinski definition) is 4. The van der Waals surface area contributed by atoms with E-state index in [4.69, 9.17) is 5.73 Å². The Bertz CT molecular complexity index is 482. The first-order chi connectivity index (χ1) is 9.08.